The van der Waals surface area contributed by atoms with Gasteiger partial charge in [-0.15, -0.1) is 0 Å². The second-order valence-electron chi connectivity index (χ2n) is 5.48. The van der Waals surface area contributed by atoms with Gasteiger partial charge in [0.1, 0.15) is 11.2 Å². The lowest BCUT2D eigenvalue weighted by Crippen LogP contribution is -2.50. The normalized spacial score (nSPS) is 26.4. The van der Waals surface area contributed by atoms with Crippen LogP contribution in [-0.4, -0.2) is 26.6 Å². The van der Waals surface area contributed by atoms with Gasteiger partial charge in [-0.3, -0.25) is 0 Å². The van der Waals surface area contributed by atoms with E-state index in [0.717, 1.165) is 18.7 Å². The van der Waals surface area contributed by atoms with Crippen LogP contribution in [-0.2, 0) is 11.0 Å². The van der Waals surface area contributed by atoms with E-state index in [2.05, 4.69) is 15.3 Å². The van der Waals surface area contributed by atoms with Crippen molar-refractivity contribution in [1.29, 1.82) is 0 Å². The maximum atomic E-state index is 12.6. The molecule has 2 rings (SSSR count). The highest BCUT2D eigenvalue weighted by Crippen LogP contribution is 2.35. The number of carboxylic acids is 1. The number of aromatic nitrogens is 2. The zero-order valence-electron chi connectivity index (χ0n) is 11.4. The van der Waals surface area contributed by atoms with Crippen LogP contribution in [0.25, 0.3) is 0 Å². The molecule has 0 bridgehead atoms. The average molecular weight is 303 g/mol. The molecule has 0 aromatic carbocycles. The van der Waals surface area contributed by atoms with Crippen LogP contribution in [0.1, 0.15) is 38.3 Å². The van der Waals surface area contributed by atoms with Crippen LogP contribution in [0, 0.1) is 5.92 Å². The number of nitrogens with one attached hydrogen (secondary N) is 1. The number of rotatable bonds is 3. The van der Waals surface area contributed by atoms with Gasteiger partial charge in [0, 0.05) is 6.20 Å². The van der Waals surface area contributed by atoms with Crippen molar-refractivity contribution >= 4 is 11.9 Å². The topological polar surface area (TPSA) is 75.1 Å². The van der Waals surface area contributed by atoms with Crippen LogP contribution in [0.3, 0.4) is 0 Å². The summed E-state index contributed by atoms with van der Waals surface area (Å²) in [5.74, 6) is -1.22. The highest BCUT2D eigenvalue weighted by atomic mass is 19.4. The molecule has 1 aromatic rings. The van der Waals surface area contributed by atoms with Gasteiger partial charge in [0.2, 0.25) is 5.95 Å². The van der Waals surface area contributed by atoms with Crippen molar-refractivity contribution in [3.63, 3.8) is 0 Å². The van der Waals surface area contributed by atoms with Crippen molar-refractivity contribution in [2.75, 3.05) is 5.32 Å². The van der Waals surface area contributed by atoms with Crippen LogP contribution in [0.2, 0.25) is 0 Å². The summed E-state index contributed by atoms with van der Waals surface area (Å²) in [5.41, 5.74) is -2.40. The Kier molecular flexibility index (Phi) is 4.06. The fourth-order valence-corrected chi connectivity index (χ4v) is 2.70. The van der Waals surface area contributed by atoms with Crippen LogP contribution in [0.15, 0.2) is 12.3 Å². The summed E-state index contributed by atoms with van der Waals surface area (Å²) in [6.45, 7) is 1.92. The Morgan fingerprint density at radius 2 is 2.24 bits per heavy atom. The Morgan fingerprint density at radius 1 is 1.52 bits per heavy atom. The van der Waals surface area contributed by atoms with Gasteiger partial charge in [0.15, 0.2) is 0 Å². The minimum Gasteiger partial charge on any atom is -0.480 e. The molecule has 2 N–H and O–H groups in total. The summed E-state index contributed by atoms with van der Waals surface area (Å²) < 4.78 is 37.9. The van der Waals surface area contributed by atoms with Gasteiger partial charge >= 0.3 is 12.1 Å². The van der Waals surface area contributed by atoms with Crippen LogP contribution in [0.4, 0.5) is 19.1 Å². The smallest absolute Gasteiger partial charge is 0.433 e. The Balaban J connectivity index is 2.28. The number of anilines is 1. The third kappa shape index (κ3) is 3.43. The van der Waals surface area contributed by atoms with E-state index in [0.29, 0.717) is 19.3 Å². The zero-order valence-corrected chi connectivity index (χ0v) is 11.4. The predicted octanol–water partition coefficient (Wildman–Crippen LogP) is 2.94. The number of halogens is 3. The molecule has 1 aliphatic carbocycles. The Morgan fingerprint density at radius 3 is 2.81 bits per heavy atom. The third-order valence-corrected chi connectivity index (χ3v) is 3.70. The lowest BCUT2D eigenvalue weighted by Gasteiger charge is -2.37. The molecule has 0 aliphatic heterocycles. The molecule has 0 spiro atoms. The number of carboxylic acid groups (broad SMARTS) is 1. The fourth-order valence-electron chi connectivity index (χ4n) is 2.70. The first-order chi connectivity index (χ1) is 9.73. The SMILES string of the molecule is CC1CCCC(Nc2nccc(C(F)(F)F)n2)(C(=O)O)C1. The quantitative estimate of drug-likeness (QED) is 0.898. The first-order valence-electron chi connectivity index (χ1n) is 6.65. The lowest BCUT2D eigenvalue weighted by atomic mass is 9.76. The van der Waals surface area contributed by atoms with E-state index >= 15 is 0 Å². The highest BCUT2D eigenvalue weighted by Gasteiger charge is 2.43. The molecule has 1 aliphatic rings. The molecule has 1 saturated carbocycles. The van der Waals surface area contributed by atoms with Crippen molar-refractivity contribution < 1.29 is 23.1 Å². The molecule has 116 valence electrons. The molecular formula is C13H16F3N3O2. The van der Waals surface area contributed by atoms with Crippen molar-refractivity contribution in [3.05, 3.63) is 18.0 Å². The van der Waals surface area contributed by atoms with E-state index in [1.54, 1.807) is 0 Å². The number of hydrogen-bond acceptors (Lipinski definition) is 4. The summed E-state index contributed by atoms with van der Waals surface area (Å²) in [5, 5.41) is 12.1. The molecular weight excluding hydrogens is 287 g/mol. The maximum Gasteiger partial charge on any atom is 0.433 e. The monoisotopic (exact) mass is 303 g/mol. The first kappa shape index (κ1) is 15.5. The van der Waals surface area contributed by atoms with Gasteiger partial charge < -0.3 is 10.4 Å². The molecule has 21 heavy (non-hydrogen) atoms. The molecule has 0 radical (unpaired) electrons. The van der Waals surface area contributed by atoms with Crippen LogP contribution >= 0.6 is 0 Å². The summed E-state index contributed by atoms with van der Waals surface area (Å²) in [6, 6.07) is 0.752. The Bertz CT molecular complexity index is 536. The van der Waals surface area contributed by atoms with E-state index in [1.807, 2.05) is 6.92 Å². The lowest BCUT2D eigenvalue weighted by molar-refractivity contribution is -0.144. The number of nitrogens with zero attached hydrogens (tertiary/aromatic N) is 2. The van der Waals surface area contributed by atoms with Crippen LogP contribution in [0.5, 0.6) is 0 Å². The molecule has 1 aromatic heterocycles. The third-order valence-electron chi connectivity index (χ3n) is 3.70. The summed E-state index contributed by atoms with van der Waals surface area (Å²) in [7, 11) is 0. The maximum absolute atomic E-state index is 12.6. The van der Waals surface area contributed by atoms with Gasteiger partial charge in [0.25, 0.3) is 0 Å². The van der Waals surface area contributed by atoms with Crippen molar-refractivity contribution in [2.24, 2.45) is 5.92 Å². The molecule has 2 atom stereocenters. The number of carbonyl (C=O) groups is 1. The highest BCUT2D eigenvalue weighted by molar-refractivity contribution is 5.82. The number of aliphatic carboxylic acids is 1. The van der Waals surface area contributed by atoms with E-state index in [1.165, 1.54) is 0 Å². The average Bonchev–Trinajstić information content (AvgIpc) is 2.38. The summed E-state index contributed by atoms with van der Waals surface area (Å²) in [4.78, 5) is 18.7. The second kappa shape index (κ2) is 5.50. The fraction of sp³-hybridized carbons (Fsp3) is 0.615. The van der Waals surface area contributed by atoms with Gasteiger partial charge in [-0.1, -0.05) is 19.8 Å². The van der Waals surface area contributed by atoms with Crippen LogP contribution < -0.4 is 5.32 Å². The van der Waals surface area contributed by atoms with E-state index in [9.17, 15) is 23.1 Å². The van der Waals surface area contributed by atoms with Crippen molar-refractivity contribution in [3.8, 4) is 0 Å². The second-order valence-corrected chi connectivity index (χ2v) is 5.48. The Hall–Kier alpha value is -1.86. The van der Waals surface area contributed by atoms with Crippen molar-refractivity contribution in [2.45, 2.75) is 44.3 Å². The van der Waals surface area contributed by atoms with E-state index < -0.39 is 23.4 Å². The molecule has 1 fully saturated rings. The summed E-state index contributed by atoms with van der Waals surface area (Å²) >= 11 is 0. The molecule has 8 heteroatoms. The van der Waals surface area contributed by atoms with Gasteiger partial charge in [-0.25, -0.2) is 14.8 Å². The first-order valence-corrected chi connectivity index (χ1v) is 6.65. The Labute approximate surface area is 119 Å². The largest absolute Gasteiger partial charge is 0.480 e. The predicted molar refractivity (Wildman–Crippen MR) is 68.7 cm³/mol. The minimum atomic E-state index is -4.59. The zero-order chi connectivity index (χ0) is 15.7. The molecule has 1 heterocycles. The van der Waals surface area contributed by atoms with Gasteiger partial charge in [-0.2, -0.15) is 13.2 Å². The summed E-state index contributed by atoms with van der Waals surface area (Å²) in [6.07, 6.45) is -1.34. The molecule has 0 amide bonds. The standard InChI is InChI=1S/C13H16F3N3O2/c1-8-3-2-5-12(7-8,10(20)21)19-11-17-6-4-9(18-11)13(14,15)16/h4,6,8H,2-3,5,7H2,1H3,(H,20,21)(H,17,18,19). The van der Waals surface area contributed by atoms with Crippen molar-refractivity contribution in [1.82, 2.24) is 9.97 Å². The van der Waals surface area contributed by atoms with Gasteiger partial charge in [0.05, 0.1) is 0 Å². The molecule has 2 unspecified atom stereocenters. The van der Waals surface area contributed by atoms with E-state index in [-0.39, 0.29) is 11.9 Å². The molecule has 5 nitrogen and oxygen atoms in total. The number of hydrogen-bond donors (Lipinski definition) is 2. The minimum absolute atomic E-state index is 0.174. The number of alkyl halides is 3. The van der Waals surface area contributed by atoms with Gasteiger partial charge in [-0.05, 0) is 24.8 Å². The molecule has 0 saturated heterocycles. The van der Waals surface area contributed by atoms with E-state index in [4.69, 9.17) is 0 Å².